The van der Waals surface area contributed by atoms with Crippen LogP contribution in [0, 0.1) is 6.92 Å². The highest BCUT2D eigenvalue weighted by Crippen LogP contribution is 2.25. The molecule has 0 aromatic carbocycles. The summed E-state index contributed by atoms with van der Waals surface area (Å²) in [5.74, 6) is 0. The molecule has 130 valence electrons. The molecule has 3 aromatic rings. The van der Waals surface area contributed by atoms with Crippen molar-refractivity contribution in [1.29, 1.82) is 0 Å². The molecule has 3 aromatic heterocycles. The number of hydrogen-bond acceptors (Lipinski definition) is 4. The van der Waals surface area contributed by atoms with E-state index in [-0.39, 0.29) is 0 Å². The van der Waals surface area contributed by atoms with E-state index in [1.807, 2.05) is 24.5 Å². The van der Waals surface area contributed by atoms with Gasteiger partial charge in [0.05, 0.1) is 17.2 Å². The number of pyridine rings is 2. The molecule has 6 heteroatoms. The Kier molecular flexibility index (Phi) is 4.68. The minimum absolute atomic E-state index is 0.487. The fourth-order valence-electron chi connectivity index (χ4n) is 3.53. The molecule has 0 spiro atoms. The van der Waals surface area contributed by atoms with Crippen molar-refractivity contribution < 1.29 is 0 Å². The Hall–Kier alpha value is -1.98. The maximum atomic E-state index is 6.00. The van der Waals surface area contributed by atoms with E-state index in [2.05, 4.69) is 31.6 Å². The summed E-state index contributed by atoms with van der Waals surface area (Å²) in [4.78, 5) is 11.4. The van der Waals surface area contributed by atoms with Crippen LogP contribution in [0.5, 0.6) is 0 Å². The predicted octanol–water partition coefficient (Wildman–Crippen LogP) is 3.94. The maximum Gasteiger partial charge on any atom is 0.129 e. The van der Waals surface area contributed by atoms with Gasteiger partial charge in [-0.25, -0.2) is 4.98 Å². The highest BCUT2D eigenvalue weighted by atomic mass is 35.5. The quantitative estimate of drug-likeness (QED) is 0.650. The number of likely N-dealkylation sites (tertiary alicyclic amines) is 1. The molecule has 0 radical (unpaired) electrons. The second kappa shape index (κ2) is 7.10. The third-order valence-corrected chi connectivity index (χ3v) is 5.17. The third-order valence-electron chi connectivity index (χ3n) is 4.96. The minimum atomic E-state index is 0.487. The smallest absolute Gasteiger partial charge is 0.129 e. The molecule has 25 heavy (non-hydrogen) atoms. The lowest BCUT2D eigenvalue weighted by Crippen LogP contribution is -2.21. The van der Waals surface area contributed by atoms with Gasteiger partial charge in [-0.2, -0.15) is 5.10 Å². The average Bonchev–Trinajstić information content (AvgIpc) is 3.25. The lowest BCUT2D eigenvalue weighted by atomic mass is 10.1. The van der Waals surface area contributed by atoms with Gasteiger partial charge < -0.3 is 4.90 Å². The van der Waals surface area contributed by atoms with Crippen molar-refractivity contribution in [3.63, 3.8) is 0 Å². The first kappa shape index (κ1) is 16.5. The monoisotopic (exact) mass is 355 g/mol. The van der Waals surface area contributed by atoms with Gasteiger partial charge in [-0.3, -0.25) is 9.67 Å². The molecule has 0 amide bonds. The van der Waals surface area contributed by atoms with E-state index in [9.17, 15) is 0 Å². The van der Waals surface area contributed by atoms with E-state index in [1.54, 1.807) is 6.07 Å². The van der Waals surface area contributed by atoms with Crippen molar-refractivity contribution in [2.24, 2.45) is 0 Å². The van der Waals surface area contributed by atoms with Crippen LogP contribution in [-0.2, 0) is 6.54 Å². The molecule has 0 N–H and O–H groups in total. The molecule has 1 aliphatic heterocycles. The van der Waals surface area contributed by atoms with Crippen LogP contribution in [0.1, 0.15) is 25.0 Å². The van der Waals surface area contributed by atoms with Gasteiger partial charge in [0.2, 0.25) is 0 Å². The summed E-state index contributed by atoms with van der Waals surface area (Å²) < 4.78 is 2.10. The number of halogens is 1. The number of aryl methyl sites for hydroxylation is 1. The van der Waals surface area contributed by atoms with E-state index in [1.165, 1.54) is 31.6 Å². The molecule has 1 fully saturated rings. The number of hydrogen-bond donors (Lipinski definition) is 0. The zero-order valence-corrected chi connectivity index (χ0v) is 15.2. The van der Waals surface area contributed by atoms with Crippen LogP contribution in [0.25, 0.3) is 22.2 Å². The lowest BCUT2D eigenvalue weighted by molar-refractivity contribution is 0.321. The third kappa shape index (κ3) is 3.53. The van der Waals surface area contributed by atoms with E-state index in [0.29, 0.717) is 5.15 Å². The number of aromatic nitrogens is 4. The summed E-state index contributed by atoms with van der Waals surface area (Å²) in [6.45, 7) is 6.74. The predicted molar refractivity (Wildman–Crippen MR) is 101 cm³/mol. The highest BCUT2D eigenvalue weighted by molar-refractivity contribution is 6.29. The molecular weight excluding hydrogens is 334 g/mol. The van der Waals surface area contributed by atoms with Crippen molar-refractivity contribution in [2.75, 3.05) is 19.6 Å². The van der Waals surface area contributed by atoms with Crippen molar-refractivity contribution in [1.82, 2.24) is 24.6 Å². The molecule has 0 saturated carbocycles. The van der Waals surface area contributed by atoms with Crippen LogP contribution >= 0.6 is 11.6 Å². The summed E-state index contributed by atoms with van der Waals surface area (Å²) in [6, 6.07) is 5.69. The van der Waals surface area contributed by atoms with Crippen LogP contribution in [0.15, 0.2) is 30.6 Å². The summed E-state index contributed by atoms with van der Waals surface area (Å²) in [7, 11) is 0. The van der Waals surface area contributed by atoms with E-state index >= 15 is 0 Å². The van der Waals surface area contributed by atoms with Crippen molar-refractivity contribution in [2.45, 2.75) is 32.7 Å². The summed E-state index contributed by atoms with van der Waals surface area (Å²) in [6.07, 6.45) is 7.64. The van der Waals surface area contributed by atoms with Crippen LogP contribution in [-0.4, -0.2) is 44.3 Å². The first-order valence-electron chi connectivity index (χ1n) is 8.88. The molecule has 0 unspecified atom stereocenters. The highest BCUT2D eigenvalue weighted by Gasteiger charge is 2.13. The Morgan fingerprint density at radius 3 is 2.76 bits per heavy atom. The fraction of sp³-hybridized carbons (Fsp3) is 0.421. The van der Waals surface area contributed by atoms with Gasteiger partial charge in [-0.15, -0.1) is 0 Å². The van der Waals surface area contributed by atoms with E-state index < -0.39 is 0 Å². The van der Waals surface area contributed by atoms with Crippen molar-refractivity contribution >= 4 is 22.6 Å². The SMILES string of the molecule is Cc1c(-c2cnc3ccc(Cl)nc3c2)cnn1CCCN1CCCC1. The van der Waals surface area contributed by atoms with Crippen molar-refractivity contribution in [3.8, 4) is 11.1 Å². The molecule has 4 heterocycles. The Morgan fingerprint density at radius 1 is 1.08 bits per heavy atom. The van der Waals surface area contributed by atoms with Crippen LogP contribution in [0.3, 0.4) is 0 Å². The van der Waals surface area contributed by atoms with E-state index in [4.69, 9.17) is 11.6 Å². The normalized spacial score (nSPS) is 15.3. The Labute approximate surface area is 152 Å². The van der Waals surface area contributed by atoms with Gasteiger partial charge in [-0.1, -0.05) is 11.6 Å². The lowest BCUT2D eigenvalue weighted by Gasteiger charge is -2.14. The van der Waals surface area contributed by atoms with Crippen molar-refractivity contribution in [3.05, 3.63) is 41.4 Å². The molecule has 4 rings (SSSR count). The van der Waals surface area contributed by atoms with Gasteiger partial charge in [0.1, 0.15) is 5.15 Å². The first-order valence-corrected chi connectivity index (χ1v) is 9.26. The minimum Gasteiger partial charge on any atom is -0.303 e. The van der Waals surface area contributed by atoms with Crippen LogP contribution in [0.4, 0.5) is 0 Å². The van der Waals surface area contributed by atoms with E-state index in [0.717, 1.165) is 41.7 Å². The van der Waals surface area contributed by atoms with Crippen LogP contribution < -0.4 is 0 Å². The molecule has 0 atom stereocenters. The molecule has 1 aliphatic rings. The number of rotatable bonds is 5. The topological polar surface area (TPSA) is 46.8 Å². The molecule has 1 saturated heterocycles. The van der Waals surface area contributed by atoms with Crippen LogP contribution in [0.2, 0.25) is 5.15 Å². The summed E-state index contributed by atoms with van der Waals surface area (Å²) in [5, 5.41) is 5.06. The zero-order valence-electron chi connectivity index (χ0n) is 14.5. The second-order valence-corrected chi connectivity index (χ2v) is 7.05. The maximum absolute atomic E-state index is 6.00. The molecular formula is C19H22ClN5. The first-order chi connectivity index (χ1) is 12.2. The van der Waals surface area contributed by atoms with Gasteiger partial charge in [0.15, 0.2) is 0 Å². The molecule has 0 bridgehead atoms. The van der Waals surface area contributed by atoms with Gasteiger partial charge in [0.25, 0.3) is 0 Å². The van der Waals surface area contributed by atoms with Gasteiger partial charge in [-0.05, 0) is 64.0 Å². The number of nitrogens with zero attached hydrogens (tertiary/aromatic N) is 5. The molecule has 0 aliphatic carbocycles. The number of fused-ring (bicyclic) bond motifs is 1. The fourth-order valence-corrected chi connectivity index (χ4v) is 3.69. The second-order valence-electron chi connectivity index (χ2n) is 6.67. The Morgan fingerprint density at radius 2 is 1.92 bits per heavy atom. The Bertz CT molecular complexity index is 883. The standard InChI is InChI=1S/C19H22ClN5/c1-14-16(13-22-25(14)10-4-9-24-7-2-3-8-24)15-11-18-17(21-12-15)5-6-19(20)23-18/h5-6,11-13H,2-4,7-10H2,1H3. The average molecular weight is 356 g/mol. The summed E-state index contributed by atoms with van der Waals surface area (Å²) in [5.41, 5.74) is 4.97. The Balaban J connectivity index is 1.51. The zero-order chi connectivity index (χ0) is 17.2. The van der Waals surface area contributed by atoms with Gasteiger partial charge >= 0.3 is 0 Å². The molecule has 5 nitrogen and oxygen atoms in total. The largest absolute Gasteiger partial charge is 0.303 e. The van der Waals surface area contributed by atoms with Gasteiger partial charge in [0, 0.05) is 29.6 Å². The summed E-state index contributed by atoms with van der Waals surface area (Å²) >= 11 is 6.00.